The molecule has 0 aliphatic carbocycles. The lowest BCUT2D eigenvalue weighted by molar-refractivity contribution is 0.513. The highest BCUT2D eigenvalue weighted by atomic mass is 28.4. The van der Waals surface area contributed by atoms with Crippen LogP contribution in [0.25, 0.3) is 5.76 Å². The van der Waals surface area contributed by atoms with Gasteiger partial charge in [-0.05, 0) is 39.6 Å². The fourth-order valence-corrected chi connectivity index (χ4v) is 2.23. The molecule has 0 heterocycles. The Hall–Kier alpha value is -1.02. The molecular formula is C13H20OSi. The minimum Gasteiger partial charge on any atom is -0.544 e. The second kappa shape index (κ2) is 4.66. The van der Waals surface area contributed by atoms with Crippen LogP contribution in [0.5, 0.6) is 0 Å². The quantitative estimate of drug-likeness (QED) is 0.548. The third-order valence-electron chi connectivity index (χ3n) is 2.01. The number of rotatable bonds is 3. The van der Waals surface area contributed by atoms with Gasteiger partial charge in [0.1, 0.15) is 5.76 Å². The number of benzene rings is 1. The van der Waals surface area contributed by atoms with Gasteiger partial charge >= 0.3 is 0 Å². The summed E-state index contributed by atoms with van der Waals surface area (Å²) in [5.41, 5.74) is 2.45. The van der Waals surface area contributed by atoms with E-state index in [4.69, 9.17) is 4.43 Å². The average molecular weight is 220 g/mol. The molecule has 2 heteroatoms. The zero-order valence-corrected chi connectivity index (χ0v) is 11.3. The van der Waals surface area contributed by atoms with Crippen LogP contribution >= 0.6 is 0 Å². The predicted molar refractivity (Wildman–Crippen MR) is 69.3 cm³/mol. The molecule has 1 aromatic rings. The lowest BCUT2D eigenvalue weighted by Gasteiger charge is -2.22. The molecule has 0 bridgehead atoms. The van der Waals surface area contributed by atoms with Gasteiger partial charge in [-0.1, -0.05) is 29.8 Å². The number of hydrogen-bond donors (Lipinski definition) is 0. The molecule has 0 amide bonds. The van der Waals surface area contributed by atoms with E-state index < -0.39 is 8.32 Å². The summed E-state index contributed by atoms with van der Waals surface area (Å²) in [5.74, 6) is 1.01. The Bertz CT molecular complexity index is 344. The highest BCUT2D eigenvalue weighted by molar-refractivity contribution is 6.70. The van der Waals surface area contributed by atoms with Crippen LogP contribution < -0.4 is 0 Å². The molecule has 82 valence electrons. The molecule has 15 heavy (non-hydrogen) atoms. The van der Waals surface area contributed by atoms with Gasteiger partial charge < -0.3 is 4.43 Å². The third kappa shape index (κ3) is 3.92. The summed E-state index contributed by atoms with van der Waals surface area (Å²) in [6, 6.07) is 8.47. The van der Waals surface area contributed by atoms with Gasteiger partial charge in [-0.3, -0.25) is 0 Å². The first-order chi connectivity index (χ1) is 6.92. The van der Waals surface area contributed by atoms with E-state index in [1.165, 1.54) is 11.1 Å². The van der Waals surface area contributed by atoms with E-state index in [1.807, 2.05) is 13.0 Å². The number of hydrogen-bond acceptors (Lipinski definition) is 1. The van der Waals surface area contributed by atoms with Crippen LogP contribution in [0.1, 0.15) is 18.1 Å². The van der Waals surface area contributed by atoms with E-state index in [0.29, 0.717) is 0 Å². The van der Waals surface area contributed by atoms with E-state index >= 15 is 0 Å². The Morgan fingerprint density at radius 3 is 2.07 bits per heavy atom. The second-order valence-electron chi connectivity index (χ2n) is 4.73. The normalized spacial score (nSPS) is 12.7. The Labute approximate surface area is 93.9 Å². The second-order valence-corrected chi connectivity index (χ2v) is 9.16. The van der Waals surface area contributed by atoms with Gasteiger partial charge in [0.05, 0.1) is 0 Å². The monoisotopic (exact) mass is 220 g/mol. The van der Waals surface area contributed by atoms with Crippen molar-refractivity contribution in [1.82, 2.24) is 0 Å². The molecule has 0 radical (unpaired) electrons. The predicted octanol–water partition coefficient (Wildman–Crippen LogP) is 4.21. The Morgan fingerprint density at radius 2 is 1.67 bits per heavy atom. The molecule has 1 rings (SSSR count). The highest BCUT2D eigenvalue weighted by Gasteiger charge is 2.17. The van der Waals surface area contributed by atoms with Crippen LogP contribution in [0.3, 0.4) is 0 Å². The van der Waals surface area contributed by atoms with Crippen LogP contribution in [0.4, 0.5) is 0 Å². The van der Waals surface area contributed by atoms with Gasteiger partial charge in [-0.2, -0.15) is 0 Å². The molecule has 0 unspecified atom stereocenters. The summed E-state index contributed by atoms with van der Waals surface area (Å²) in [5, 5.41) is 0. The maximum atomic E-state index is 6.01. The first-order valence-electron chi connectivity index (χ1n) is 5.35. The topological polar surface area (TPSA) is 9.23 Å². The van der Waals surface area contributed by atoms with Gasteiger partial charge in [0.15, 0.2) is 0 Å². The zero-order valence-electron chi connectivity index (χ0n) is 10.3. The molecule has 0 atom stereocenters. The van der Waals surface area contributed by atoms with Crippen LogP contribution in [0.2, 0.25) is 19.6 Å². The zero-order chi connectivity index (χ0) is 11.5. The molecule has 0 fully saturated rings. The van der Waals surface area contributed by atoms with Gasteiger partial charge in [-0.25, -0.2) is 0 Å². The van der Waals surface area contributed by atoms with Crippen LogP contribution in [0, 0.1) is 6.92 Å². The van der Waals surface area contributed by atoms with Crippen molar-refractivity contribution in [2.75, 3.05) is 0 Å². The van der Waals surface area contributed by atoms with Crippen LogP contribution in [0.15, 0.2) is 30.3 Å². The lowest BCUT2D eigenvalue weighted by Crippen LogP contribution is -2.24. The molecule has 0 aliphatic heterocycles. The molecule has 1 nitrogen and oxygen atoms in total. The van der Waals surface area contributed by atoms with Gasteiger partial charge in [0.2, 0.25) is 8.32 Å². The Morgan fingerprint density at radius 1 is 1.13 bits per heavy atom. The molecule has 0 saturated heterocycles. The van der Waals surface area contributed by atoms with Crippen molar-refractivity contribution in [3.63, 3.8) is 0 Å². The van der Waals surface area contributed by atoms with E-state index in [-0.39, 0.29) is 0 Å². The first-order valence-corrected chi connectivity index (χ1v) is 8.75. The minimum atomic E-state index is -1.51. The van der Waals surface area contributed by atoms with Gasteiger partial charge in [0.25, 0.3) is 0 Å². The number of aryl methyl sites for hydroxylation is 1. The summed E-state index contributed by atoms with van der Waals surface area (Å²) in [6.07, 6.45) is 2.04. The summed E-state index contributed by atoms with van der Waals surface area (Å²) >= 11 is 0. The summed E-state index contributed by atoms with van der Waals surface area (Å²) in [6.45, 7) is 10.7. The standard InChI is InChI=1S/C13H20OSi/c1-6-13(14-15(3,4)5)12-9-7-11(2)8-10-12/h6-10H,1-5H3/b13-6-. The van der Waals surface area contributed by atoms with Crippen molar-refractivity contribution < 1.29 is 4.43 Å². The van der Waals surface area contributed by atoms with Crippen molar-refractivity contribution in [2.45, 2.75) is 33.5 Å². The highest BCUT2D eigenvalue weighted by Crippen LogP contribution is 2.21. The fourth-order valence-electron chi connectivity index (χ4n) is 1.33. The molecule has 0 N–H and O–H groups in total. The smallest absolute Gasteiger partial charge is 0.242 e. The summed E-state index contributed by atoms with van der Waals surface area (Å²) in [4.78, 5) is 0. The molecular weight excluding hydrogens is 200 g/mol. The average Bonchev–Trinajstić information content (AvgIpc) is 2.14. The Kier molecular flexibility index (Phi) is 3.75. The van der Waals surface area contributed by atoms with Crippen molar-refractivity contribution in [3.8, 4) is 0 Å². The summed E-state index contributed by atoms with van der Waals surface area (Å²) in [7, 11) is -1.51. The molecule has 0 aromatic heterocycles. The molecule has 0 saturated carbocycles. The summed E-state index contributed by atoms with van der Waals surface area (Å²) < 4.78 is 6.01. The maximum Gasteiger partial charge on any atom is 0.242 e. The number of allylic oxidation sites excluding steroid dienone is 1. The SMILES string of the molecule is C/C=C(\O[Si](C)(C)C)c1ccc(C)cc1. The lowest BCUT2D eigenvalue weighted by atomic mass is 10.1. The van der Waals surface area contributed by atoms with E-state index in [0.717, 1.165) is 5.76 Å². The van der Waals surface area contributed by atoms with Gasteiger partial charge in [0, 0.05) is 5.56 Å². The first kappa shape index (κ1) is 12.0. The fraction of sp³-hybridized carbons (Fsp3) is 0.385. The molecule has 1 aromatic carbocycles. The maximum absolute atomic E-state index is 6.01. The van der Waals surface area contributed by atoms with E-state index in [1.54, 1.807) is 0 Å². The Balaban J connectivity index is 2.90. The van der Waals surface area contributed by atoms with Crippen molar-refractivity contribution in [2.24, 2.45) is 0 Å². The van der Waals surface area contributed by atoms with Gasteiger partial charge in [-0.15, -0.1) is 0 Å². The van der Waals surface area contributed by atoms with E-state index in [2.05, 4.69) is 50.8 Å². The minimum absolute atomic E-state index is 1.01. The van der Waals surface area contributed by atoms with Crippen molar-refractivity contribution in [1.29, 1.82) is 0 Å². The largest absolute Gasteiger partial charge is 0.544 e. The van der Waals surface area contributed by atoms with Crippen molar-refractivity contribution in [3.05, 3.63) is 41.5 Å². The van der Waals surface area contributed by atoms with Crippen molar-refractivity contribution >= 4 is 14.1 Å². The van der Waals surface area contributed by atoms with Crippen LogP contribution in [-0.2, 0) is 4.43 Å². The molecule has 0 spiro atoms. The third-order valence-corrected chi connectivity index (χ3v) is 2.85. The van der Waals surface area contributed by atoms with Crippen LogP contribution in [-0.4, -0.2) is 8.32 Å². The van der Waals surface area contributed by atoms with E-state index in [9.17, 15) is 0 Å². The molecule has 0 aliphatic rings.